The molecule has 1 unspecified atom stereocenters. The summed E-state index contributed by atoms with van der Waals surface area (Å²) >= 11 is 0. The van der Waals surface area contributed by atoms with E-state index in [1.165, 1.54) is 24.8 Å². The first-order valence-electron chi connectivity index (χ1n) is 10.7. The quantitative estimate of drug-likeness (QED) is 0.318. The van der Waals surface area contributed by atoms with E-state index in [2.05, 4.69) is 31.8 Å². The van der Waals surface area contributed by atoms with Gasteiger partial charge in [-0.3, -0.25) is 4.79 Å². The standard InChI is InChI=1S/C23H36O4/c1-3-4-5-6-7-10-18(24)12-13-19-20-16-17(9-8-11-22(26)27)23(20,2)15-14-21(19)25/h9,18-21,24-25H,3-8,10-11,14-16H2,1-2H3,(H,26,27)/t18?,19-,20-,21-,23-/m1/s1. The number of carbonyl (C=O) groups is 1. The molecule has 152 valence electrons. The van der Waals surface area contributed by atoms with Crippen LogP contribution in [0.25, 0.3) is 0 Å². The summed E-state index contributed by atoms with van der Waals surface area (Å²) in [5.74, 6) is 5.66. The fourth-order valence-corrected chi connectivity index (χ4v) is 4.66. The maximum Gasteiger partial charge on any atom is 0.303 e. The van der Waals surface area contributed by atoms with Crippen LogP contribution in [0.2, 0.25) is 0 Å². The highest BCUT2D eigenvalue weighted by Gasteiger charge is 2.54. The van der Waals surface area contributed by atoms with Crippen LogP contribution in [0.5, 0.6) is 0 Å². The second-order valence-corrected chi connectivity index (χ2v) is 8.53. The van der Waals surface area contributed by atoms with Crippen LogP contribution in [0, 0.1) is 29.1 Å². The summed E-state index contributed by atoms with van der Waals surface area (Å²) in [7, 11) is 0. The molecule has 5 atom stereocenters. The number of allylic oxidation sites excluding steroid dienone is 2. The molecule has 0 radical (unpaired) electrons. The lowest BCUT2D eigenvalue weighted by Crippen LogP contribution is -2.51. The number of rotatable bonds is 9. The minimum absolute atomic E-state index is 0.0299. The van der Waals surface area contributed by atoms with Gasteiger partial charge in [-0.05, 0) is 49.9 Å². The zero-order valence-corrected chi connectivity index (χ0v) is 16.9. The van der Waals surface area contributed by atoms with Gasteiger partial charge >= 0.3 is 5.97 Å². The second kappa shape index (κ2) is 10.3. The van der Waals surface area contributed by atoms with Crippen LogP contribution < -0.4 is 0 Å². The van der Waals surface area contributed by atoms with Gasteiger partial charge in [0.15, 0.2) is 0 Å². The predicted molar refractivity (Wildman–Crippen MR) is 107 cm³/mol. The van der Waals surface area contributed by atoms with Crippen molar-refractivity contribution in [1.29, 1.82) is 0 Å². The van der Waals surface area contributed by atoms with Crippen molar-refractivity contribution >= 4 is 5.97 Å². The van der Waals surface area contributed by atoms with Gasteiger partial charge in [-0.15, -0.1) is 0 Å². The van der Waals surface area contributed by atoms with Crippen LogP contribution in [0.1, 0.15) is 84.5 Å². The van der Waals surface area contributed by atoms with Crippen molar-refractivity contribution < 1.29 is 20.1 Å². The van der Waals surface area contributed by atoms with Crippen LogP contribution in [-0.2, 0) is 4.79 Å². The Bertz CT molecular complexity index is 585. The monoisotopic (exact) mass is 376 g/mol. The molecule has 0 saturated heterocycles. The molecule has 2 rings (SSSR count). The summed E-state index contributed by atoms with van der Waals surface area (Å²) in [6.45, 7) is 4.41. The van der Waals surface area contributed by atoms with Crippen LogP contribution >= 0.6 is 0 Å². The third kappa shape index (κ3) is 5.83. The molecular formula is C23H36O4. The maximum absolute atomic E-state index is 10.7. The lowest BCUT2D eigenvalue weighted by molar-refractivity contribution is -0.136. The van der Waals surface area contributed by atoms with Crippen LogP contribution in [0.3, 0.4) is 0 Å². The van der Waals surface area contributed by atoms with Gasteiger partial charge in [0.2, 0.25) is 0 Å². The Morgan fingerprint density at radius 2 is 2.07 bits per heavy atom. The Morgan fingerprint density at radius 1 is 1.33 bits per heavy atom. The van der Waals surface area contributed by atoms with Gasteiger partial charge in [0, 0.05) is 6.42 Å². The molecule has 0 aromatic carbocycles. The van der Waals surface area contributed by atoms with Gasteiger partial charge in [0.05, 0.1) is 12.0 Å². The Balaban J connectivity index is 1.89. The van der Waals surface area contributed by atoms with Gasteiger partial charge < -0.3 is 15.3 Å². The van der Waals surface area contributed by atoms with E-state index >= 15 is 0 Å². The third-order valence-corrected chi connectivity index (χ3v) is 6.55. The molecule has 0 spiro atoms. The van der Waals surface area contributed by atoms with Crippen molar-refractivity contribution in [2.75, 3.05) is 0 Å². The van der Waals surface area contributed by atoms with E-state index in [0.717, 1.165) is 32.1 Å². The predicted octanol–water partition coefficient (Wildman–Crippen LogP) is 4.30. The molecule has 2 saturated carbocycles. The molecular weight excluding hydrogens is 340 g/mol. The van der Waals surface area contributed by atoms with E-state index in [-0.39, 0.29) is 17.8 Å². The number of carboxylic acid groups (broad SMARTS) is 1. The molecule has 0 bridgehead atoms. The molecule has 0 heterocycles. The zero-order chi connectivity index (χ0) is 19.9. The van der Waals surface area contributed by atoms with E-state index < -0.39 is 18.2 Å². The molecule has 0 amide bonds. The first-order valence-corrected chi connectivity index (χ1v) is 10.7. The zero-order valence-electron chi connectivity index (χ0n) is 16.9. The highest BCUT2D eigenvalue weighted by molar-refractivity contribution is 5.66. The summed E-state index contributed by atoms with van der Waals surface area (Å²) < 4.78 is 0. The Hall–Kier alpha value is -1.31. The van der Waals surface area contributed by atoms with Gasteiger partial charge in [0.1, 0.15) is 6.10 Å². The van der Waals surface area contributed by atoms with Crippen molar-refractivity contribution in [2.24, 2.45) is 17.3 Å². The fraction of sp³-hybridized carbons (Fsp3) is 0.783. The molecule has 0 aliphatic heterocycles. The van der Waals surface area contributed by atoms with E-state index in [0.29, 0.717) is 18.8 Å². The molecule has 2 fully saturated rings. The van der Waals surface area contributed by atoms with Gasteiger partial charge in [-0.1, -0.05) is 63.0 Å². The topological polar surface area (TPSA) is 77.8 Å². The summed E-state index contributed by atoms with van der Waals surface area (Å²) in [6, 6.07) is 0. The van der Waals surface area contributed by atoms with Crippen LogP contribution in [0.4, 0.5) is 0 Å². The number of hydrogen-bond acceptors (Lipinski definition) is 3. The summed E-state index contributed by atoms with van der Waals surface area (Å²) in [4.78, 5) is 10.7. The average Bonchev–Trinajstić information content (AvgIpc) is 2.62. The van der Waals surface area contributed by atoms with Crippen molar-refractivity contribution in [3.05, 3.63) is 11.6 Å². The minimum atomic E-state index is -0.764. The molecule has 2 aliphatic rings. The normalized spacial score (nSPS) is 32.1. The van der Waals surface area contributed by atoms with E-state index in [9.17, 15) is 15.0 Å². The second-order valence-electron chi connectivity index (χ2n) is 8.53. The SMILES string of the molecule is CCCCCCCC(O)C#C[C@H]1[C@H](O)CC[C@]2(C)C(=CCCC(=O)O)C[C@H]12. The van der Waals surface area contributed by atoms with Crippen LogP contribution in [-0.4, -0.2) is 33.5 Å². The summed E-state index contributed by atoms with van der Waals surface area (Å²) in [5, 5.41) is 29.4. The van der Waals surface area contributed by atoms with Crippen molar-refractivity contribution in [1.82, 2.24) is 0 Å². The molecule has 3 N–H and O–H groups in total. The summed E-state index contributed by atoms with van der Waals surface area (Å²) in [5.41, 5.74) is 1.35. The van der Waals surface area contributed by atoms with Crippen molar-refractivity contribution in [3.8, 4) is 11.8 Å². The number of aliphatic carboxylic acids is 1. The van der Waals surface area contributed by atoms with E-state index in [4.69, 9.17) is 5.11 Å². The number of aliphatic hydroxyl groups is 2. The number of aliphatic hydroxyl groups excluding tert-OH is 2. The fourth-order valence-electron chi connectivity index (χ4n) is 4.66. The Labute approximate surface area is 164 Å². The molecule has 0 aromatic heterocycles. The number of carboxylic acids is 1. The van der Waals surface area contributed by atoms with E-state index in [1.54, 1.807) is 0 Å². The molecule has 4 heteroatoms. The highest BCUT2D eigenvalue weighted by Crippen LogP contribution is 2.60. The molecule has 27 heavy (non-hydrogen) atoms. The first kappa shape index (κ1) is 22.0. The smallest absolute Gasteiger partial charge is 0.303 e. The lowest BCUT2D eigenvalue weighted by Gasteiger charge is -2.57. The van der Waals surface area contributed by atoms with E-state index in [1.807, 2.05) is 0 Å². The Kier molecular flexibility index (Phi) is 8.38. The number of unbranched alkanes of at least 4 members (excludes halogenated alkanes) is 4. The third-order valence-electron chi connectivity index (χ3n) is 6.55. The largest absolute Gasteiger partial charge is 0.481 e. The lowest BCUT2D eigenvalue weighted by atomic mass is 9.48. The molecule has 4 nitrogen and oxygen atoms in total. The average molecular weight is 377 g/mol. The molecule has 2 aliphatic carbocycles. The van der Waals surface area contributed by atoms with Gasteiger partial charge in [-0.25, -0.2) is 0 Å². The minimum Gasteiger partial charge on any atom is -0.481 e. The van der Waals surface area contributed by atoms with Crippen molar-refractivity contribution in [2.45, 2.75) is 96.7 Å². The first-order chi connectivity index (χ1) is 12.9. The van der Waals surface area contributed by atoms with Crippen LogP contribution in [0.15, 0.2) is 11.6 Å². The summed E-state index contributed by atoms with van der Waals surface area (Å²) in [6.07, 6.45) is 10.9. The van der Waals surface area contributed by atoms with Crippen molar-refractivity contribution in [3.63, 3.8) is 0 Å². The number of hydrogen-bond donors (Lipinski definition) is 3. The number of fused-ring (bicyclic) bond motifs is 1. The highest BCUT2D eigenvalue weighted by atomic mass is 16.4. The Morgan fingerprint density at radius 3 is 2.78 bits per heavy atom. The van der Waals surface area contributed by atoms with Gasteiger partial charge in [0.25, 0.3) is 0 Å². The maximum atomic E-state index is 10.7. The molecule has 0 aromatic rings. The van der Waals surface area contributed by atoms with Gasteiger partial charge in [-0.2, -0.15) is 0 Å².